The Morgan fingerprint density at radius 2 is 1.88 bits per heavy atom. The number of nitrogens with two attached hydrogens (primary N) is 1. The molecule has 3 N–H and O–H groups in total. The summed E-state index contributed by atoms with van der Waals surface area (Å²) in [5.74, 6) is 1.32. The Morgan fingerprint density at radius 3 is 2.53 bits per heavy atom. The van der Waals surface area contributed by atoms with Gasteiger partial charge in [0.15, 0.2) is 5.75 Å². The second-order valence-electron chi connectivity index (χ2n) is 9.77. The Kier molecular flexibility index (Phi) is 6.42. The highest BCUT2D eigenvalue weighted by molar-refractivity contribution is 5.92. The van der Waals surface area contributed by atoms with Crippen molar-refractivity contribution in [3.05, 3.63) is 59.9 Å². The highest BCUT2D eigenvalue weighted by Gasteiger charge is 2.29. The monoisotopic (exact) mass is 432 g/mol. The number of pyridine rings is 2. The minimum atomic E-state index is -0.514. The Bertz CT molecular complexity index is 1080. The molecule has 0 aliphatic heterocycles. The first kappa shape index (κ1) is 22.2. The van der Waals surface area contributed by atoms with Crippen molar-refractivity contribution < 1.29 is 9.53 Å². The number of carbonyl (C=O) groups excluding carboxylic acids is 1. The van der Waals surface area contributed by atoms with Crippen molar-refractivity contribution >= 4 is 16.8 Å². The number of hydrogen-bond acceptors (Lipinski definition) is 5. The van der Waals surface area contributed by atoms with Gasteiger partial charge in [-0.3, -0.25) is 9.78 Å². The molecule has 1 aliphatic carbocycles. The van der Waals surface area contributed by atoms with Gasteiger partial charge in [-0.25, -0.2) is 4.98 Å². The lowest BCUT2D eigenvalue weighted by atomic mass is 9.71. The van der Waals surface area contributed by atoms with E-state index in [1.54, 1.807) is 18.3 Å². The van der Waals surface area contributed by atoms with Crippen LogP contribution < -0.4 is 15.8 Å². The van der Waals surface area contributed by atoms with E-state index in [0.717, 1.165) is 23.4 Å². The third kappa shape index (κ3) is 5.07. The van der Waals surface area contributed by atoms with Crippen molar-refractivity contribution in [3.63, 3.8) is 0 Å². The maximum Gasteiger partial charge on any atom is 0.250 e. The van der Waals surface area contributed by atoms with Gasteiger partial charge in [0.05, 0.1) is 5.56 Å². The number of hydrogen-bond donors (Lipinski definition) is 2. The average molecular weight is 433 g/mol. The minimum absolute atomic E-state index is 0.346. The number of fused-ring (bicyclic) bond motifs is 1. The maximum absolute atomic E-state index is 11.2. The Hall–Kier alpha value is -2.99. The van der Waals surface area contributed by atoms with Gasteiger partial charge in [-0.1, -0.05) is 32.9 Å². The van der Waals surface area contributed by atoms with Crippen LogP contribution >= 0.6 is 0 Å². The van der Waals surface area contributed by atoms with Crippen LogP contribution in [0.15, 0.2) is 48.8 Å². The summed E-state index contributed by atoms with van der Waals surface area (Å²) in [6, 6.07) is 11.9. The molecule has 6 heteroatoms. The molecule has 0 unspecified atom stereocenters. The van der Waals surface area contributed by atoms with Crippen molar-refractivity contribution in [1.29, 1.82) is 0 Å². The topological polar surface area (TPSA) is 90.1 Å². The van der Waals surface area contributed by atoms with Crippen LogP contribution in [0.1, 0.15) is 62.4 Å². The molecule has 1 amide bonds. The average Bonchev–Trinajstić information content (AvgIpc) is 2.78. The van der Waals surface area contributed by atoms with Gasteiger partial charge in [0.1, 0.15) is 5.52 Å². The molecule has 1 aromatic carbocycles. The second kappa shape index (κ2) is 9.25. The number of amides is 1. The van der Waals surface area contributed by atoms with Gasteiger partial charge in [-0.05, 0) is 60.8 Å². The largest absolute Gasteiger partial charge is 0.437 e. The molecule has 4 rings (SSSR count). The normalized spacial score (nSPS) is 19.1. The van der Waals surface area contributed by atoms with Crippen molar-refractivity contribution in [1.82, 2.24) is 15.3 Å². The van der Waals surface area contributed by atoms with E-state index < -0.39 is 5.91 Å². The van der Waals surface area contributed by atoms with Crippen molar-refractivity contribution in [3.8, 4) is 11.6 Å². The number of carbonyl (C=O) groups is 1. The van der Waals surface area contributed by atoms with Gasteiger partial charge in [-0.2, -0.15) is 0 Å². The van der Waals surface area contributed by atoms with E-state index in [-0.39, 0.29) is 0 Å². The van der Waals surface area contributed by atoms with Crippen LogP contribution in [0.2, 0.25) is 0 Å². The highest BCUT2D eigenvalue weighted by atomic mass is 16.5. The maximum atomic E-state index is 11.2. The molecule has 1 aliphatic rings. The number of primary amides is 1. The SMILES string of the molecule is CC(C)(C)C1CCC(NCc2ccc(Oc3ccc(C(N)=O)cn3)c3ncccc23)CC1. The van der Waals surface area contributed by atoms with E-state index in [1.165, 1.54) is 37.4 Å². The van der Waals surface area contributed by atoms with Crippen LogP contribution in [0, 0.1) is 11.3 Å². The van der Waals surface area contributed by atoms with E-state index in [2.05, 4.69) is 48.2 Å². The van der Waals surface area contributed by atoms with Crippen LogP contribution in [0.4, 0.5) is 0 Å². The second-order valence-corrected chi connectivity index (χ2v) is 9.77. The zero-order valence-corrected chi connectivity index (χ0v) is 19.1. The zero-order chi connectivity index (χ0) is 22.7. The van der Waals surface area contributed by atoms with Crippen molar-refractivity contribution in [2.24, 2.45) is 17.1 Å². The lowest BCUT2D eigenvalue weighted by Crippen LogP contribution is -2.35. The molecule has 6 nitrogen and oxygen atoms in total. The number of benzene rings is 1. The summed E-state index contributed by atoms with van der Waals surface area (Å²) < 4.78 is 5.97. The molecule has 1 saturated carbocycles. The van der Waals surface area contributed by atoms with Crippen LogP contribution in [-0.4, -0.2) is 21.9 Å². The van der Waals surface area contributed by atoms with Gasteiger partial charge in [0.2, 0.25) is 11.8 Å². The molecule has 0 saturated heterocycles. The van der Waals surface area contributed by atoms with E-state index in [4.69, 9.17) is 10.5 Å². The smallest absolute Gasteiger partial charge is 0.250 e. The number of nitrogens with zero attached hydrogens (tertiary/aromatic N) is 2. The van der Waals surface area contributed by atoms with Crippen molar-refractivity contribution in [2.45, 2.75) is 59.0 Å². The summed E-state index contributed by atoms with van der Waals surface area (Å²) >= 11 is 0. The first-order valence-corrected chi connectivity index (χ1v) is 11.3. The molecule has 32 heavy (non-hydrogen) atoms. The van der Waals surface area contributed by atoms with Gasteiger partial charge >= 0.3 is 0 Å². The Labute approximate surface area is 189 Å². The molecular weight excluding hydrogens is 400 g/mol. The quantitative estimate of drug-likeness (QED) is 0.558. The molecule has 1 fully saturated rings. The predicted octanol–water partition coefficient (Wildman–Crippen LogP) is 5.22. The molecule has 0 bridgehead atoms. The summed E-state index contributed by atoms with van der Waals surface area (Å²) in [4.78, 5) is 20.0. The molecule has 2 aromatic heterocycles. The summed E-state index contributed by atoms with van der Waals surface area (Å²) in [7, 11) is 0. The lowest BCUT2D eigenvalue weighted by Gasteiger charge is -2.37. The fourth-order valence-electron chi connectivity index (χ4n) is 4.56. The fraction of sp³-hybridized carbons (Fsp3) is 0.423. The first-order chi connectivity index (χ1) is 15.3. The highest BCUT2D eigenvalue weighted by Crippen LogP contribution is 2.38. The van der Waals surface area contributed by atoms with Gasteiger partial charge in [0, 0.05) is 36.4 Å². The fourth-order valence-corrected chi connectivity index (χ4v) is 4.56. The zero-order valence-electron chi connectivity index (χ0n) is 19.1. The molecule has 0 spiro atoms. The van der Waals surface area contributed by atoms with Crippen LogP contribution in [-0.2, 0) is 6.54 Å². The number of nitrogens with one attached hydrogen (secondary N) is 1. The summed E-state index contributed by atoms with van der Waals surface area (Å²) in [5, 5.41) is 4.83. The standard InChI is InChI=1S/C26H32N4O2/c1-26(2,3)19-8-10-20(11-9-19)29-15-17-6-12-22(24-21(17)5-4-14-28-24)32-23-13-7-18(16-30-23)25(27)31/h4-7,12-14,16,19-20,29H,8-11,15H2,1-3H3,(H2,27,31). The van der Waals surface area contributed by atoms with E-state index >= 15 is 0 Å². The van der Waals surface area contributed by atoms with Gasteiger partial charge in [-0.15, -0.1) is 0 Å². The van der Waals surface area contributed by atoms with Crippen LogP contribution in [0.3, 0.4) is 0 Å². The van der Waals surface area contributed by atoms with Gasteiger partial charge in [0.25, 0.3) is 0 Å². The number of rotatable bonds is 6. The lowest BCUT2D eigenvalue weighted by molar-refractivity contribution is 0.1000. The van der Waals surface area contributed by atoms with E-state index in [9.17, 15) is 4.79 Å². The summed E-state index contributed by atoms with van der Waals surface area (Å²) in [6.45, 7) is 7.88. The molecule has 0 radical (unpaired) electrons. The summed E-state index contributed by atoms with van der Waals surface area (Å²) in [5.41, 5.74) is 8.03. The third-order valence-electron chi connectivity index (χ3n) is 6.59. The molecule has 2 heterocycles. The first-order valence-electron chi connectivity index (χ1n) is 11.3. The third-order valence-corrected chi connectivity index (χ3v) is 6.59. The van der Waals surface area contributed by atoms with E-state index in [1.807, 2.05) is 12.1 Å². The summed E-state index contributed by atoms with van der Waals surface area (Å²) in [6.07, 6.45) is 8.22. The van der Waals surface area contributed by atoms with Crippen LogP contribution in [0.5, 0.6) is 11.6 Å². The Balaban J connectivity index is 1.46. The van der Waals surface area contributed by atoms with Crippen molar-refractivity contribution in [2.75, 3.05) is 0 Å². The molecular formula is C26H32N4O2. The predicted molar refractivity (Wildman–Crippen MR) is 127 cm³/mol. The number of aromatic nitrogens is 2. The van der Waals surface area contributed by atoms with Gasteiger partial charge < -0.3 is 15.8 Å². The number of ether oxygens (including phenoxy) is 1. The molecule has 168 valence electrons. The minimum Gasteiger partial charge on any atom is -0.437 e. The molecule has 0 atom stereocenters. The van der Waals surface area contributed by atoms with Crippen LogP contribution in [0.25, 0.3) is 10.9 Å². The Morgan fingerprint density at radius 1 is 1.09 bits per heavy atom. The van der Waals surface area contributed by atoms with E-state index in [0.29, 0.717) is 28.6 Å². The molecule has 3 aromatic rings.